The molecular weight excluding hydrogens is 365 g/mol. The monoisotopic (exact) mass is 385 g/mol. The van der Waals surface area contributed by atoms with Crippen LogP contribution in [0.3, 0.4) is 0 Å². The molecule has 0 radical (unpaired) electrons. The molecule has 2 aromatic heterocycles. The second-order valence-electron chi connectivity index (χ2n) is 6.65. The van der Waals surface area contributed by atoms with Crippen LogP contribution in [0.15, 0.2) is 41.9 Å². The molecule has 2 N–H and O–H groups in total. The van der Waals surface area contributed by atoms with Gasteiger partial charge in [0.2, 0.25) is 0 Å². The van der Waals surface area contributed by atoms with Gasteiger partial charge in [0.25, 0.3) is 5.91 Å². The van der Waals surface area contributed by atoms with E-state index in [1.54, 1.807) is 29.5 Å². The fraction of sp³-hybridized carbons (Fsp3) is 0.316. The number of H-pyrrole nitrogens is 1. The molecule has 1 saturated heterocycles. The smallest absolute Gasteiger partial charge is 0.269 e. The number of nitrogens with zero attached hydrogens (tertiary/aromatic N) is 3. The van der Waals surface area contributed by atoms with Gasteiger partial charge in [0.05, 0.1) is 5.69 Å². The molecule has 6 nitrogen and oxygen atoms in total. The van der Waals surface area contributed by atoms with Gasteiger partial charge in [-0.2, -0.15) is 5.10 Å². The average molecular weight is 385 g/mol. The summed E-state index contributed by atoms with van der Waals surface area (Å²) in [5.41, 5.74) is 1.78. The molecule has 0 unspecified atom stereocenters. The fourth-order valence-electron chi connectivity index (χ4n) is 3.32. The molecule has 0 saturated carbocycles. The minimum absolute atomic E-state index is 0.178. The molecule has 8 heteroatoms. The van der Waals surface area contributed by atoms with Gasteiger partial charge in [-0.25, -0.2) is 9.37 Å². The largest absolute Gasteiger partial charge is 0.350 e. The molecule has 1 atom stereocenters. The van der Waals surface area contributed by atoms with Crippen molar-refractivity contribution in [3.05, 3.63) is 53.4 Å². The summed E-state index contributed by atoms with van der Waals surface area (Å²) in [4.78, 5) is 19.1. The highest BCUT2D eigenvalue weighted by molar-refractivity contribution is 7.13. The van der Waals surface area contributed by atoms with Gasteiger partial charge in [-0.1, -0.05) is 0 Å². The standard InChI is InChI=1S/C19H20FN5OS/c20-15-5-3-14(4-6-15)16-10-17(24-23-16)18(26)22-11-13-2-1-8-25(12-13)19-21-7-9-27-19/h3-7,9-10,13H,1-2,8,11-12H2,(H,22,26)(H,23,24)/t13-/m1/s1. The Morgan fingerprint density at radius 1 is 1.37 bits per heavy atom. The molecule has 0 bridgehead atoms. The first-order chi connectivity index (χ1) is 13.2. The van der Waals surface area contributed by atoms with Crippen LogP contribution in [0.2, 0.25) is 0 Å². The van der Waals surface area contributed by atoms with Gasteiger partial charge in [-0.15, -0.1) is 11.3 Å². The average Bonchev–Trinajstić information content (AvgIpc) is 3.39. The highest BCUT2D eigenvalue weighted by Gasteiger charge is 2.22. The van der Waals surface area contributed by atoms with E-state index in [0.717, 1.165) is 36.6 Å². The summed E-state index contributed by atoms with van der Waals surface area (Å²) in [5.74, 6) is -0.0835. The lowest BCUT2D eigenvalue weighted by Gasteiger charge is -2.32. The summed E-state index contributed by atoms with van der Waals surface area (Å²) in [6.45, 7) is 2.53. The number of amides is 1. The van der Waals surface area contributed by atoms with Gasteiger partial charge in [-0.3, -0.25) is 9.89 Å². The molecule has 4 rings (SSSR count). The van der Waals surface area contributed by atoms with E-state index >= 15 is 0 Å². The number of aromatic nitrogens is 3. The van der Waals surface area contributed by atoms with Crippen molar-refractivity contribution in [2.24, 2.45) is 5.92 Å². The number of rotatable bonds is 5. The Balaban J connectivity index is 1.33. The maximum atomic E-state index is 13.0. The highest BCUT2D eigenvalue weighted by Crippen LogP contribution is 2.24. The number of anilines is 1. The quantitative estimate of drug-likeness (QED) is 0.707. The third-order valence-corrected chi connectivity index (χ3v) is 5.55. The Kier molecular flexibility index (Phi) is 5.15. The van der Waals surface area contributed by atoms with Crippen LogP contribution >= 0.6 is 11.3 Å². The van der Waals surface area contributed by atoms with E-state index in [0.29, 0.717) is 23.9 Å². The number of nitrogens with one attached hydrogen (secondary N) is 2. The zero-order chi connectivity index (χ0) is 18.6. The molecule has 27 heavy (non-hydrogen) atoms. The lowest BCUT2D eigenvalue weighted by molar-refractivity contribution is 0.0940. The van der Waals surface area contributed by atoms with Crippen LogP contribution in [0, 0.1) is 11.7 Å². The van der Waals surface area contributed by atoms with Gasteiger partial charge in [0.15, 0.2) is 5.13 Å². The zero-order valence-corrected chi connectivity index (χ0v) is 15.5. The molecule has 1 aromatic carbocycles. The molecule has 0 aliphatic carbocycles. The number of carbonyl (C=O) groups is 1. The molecule has 1 aliphatic rings. The first kappa shape index (κ1) is 17.7. The maximum Gasteiger partial charge on any atom is 0.269 e. The summed E-state index contributed by atoms with van der Waals surface area (Å²) in [7, 11) is 0. The number of halogens is 1. The summed E-state index contributed by atoms with van der Waals surface area (Å²) in [5, 5.41) is 12.9. The number of hydrogen-bond donors (Lipinski definition) is 2. The Morgan fingerprint density at radius 2 is 2.22 bits per heavy atom. The molecule has 140 valence electrons. The van der Waals surface area contributed by atoms with E-state index < -0.39 is 0 Å². The minimum atomic E-state index is -0.300. The first-order valence-electron chi connectivity index (χ1n) is 8.93. The zero-order valence-electron chi connectivity index (χ0n) is 14.7. The van der Waals surface area contributed by atoms with E-state index in [1.807, 2.05) is 11.6 Å². The number of carbonyl (C=O) groups excluding carboxylic acids is 1. The van der Waals surface area contributed by atoms with Crippen LogP contribution in [-0.2, 0) is 0 Å². The molecule has 1 amide bonds. The Bertz CT molecular complexity index is 893. The van der Waals surface area contributed by atoms with Crippen LogP contribution in [-0.4, -0.2) is 40.7 Å². The number of aromatic amines is 1. The molecule has 0 spiro atoms. The van der Waals surface area contributed by atoms with E-state index in [1.165, 1.54) is 12.1 Å². The van der Waals surface area contributed by atoms with Crippen molar-refractivity contribution in [1.82, 2.24) is 20.5 Å². The molecule has 1 fully saturated rings. The maximum absolute atomic E-state index is 13.0. The van der Waals surface area contributed by atoms with E-state index in [-0.39, 0.29) is 11.7 Å². The number of thiazole rings is 1. The normalized spacial score (nSPS) is 17.1. The van der Waals surface area contributed by atoms with Crippen molar-refractivity contribution in [2.45, 2.75) is 12.8 Å². The van der Waals surface area contributed by atoms with Crippen LogP contribution in [0.5, 0.6) is 0 Å². The number of benzene rings is 1. The summed E-state index contributed by atoms with van der Waals surface area (Å²) in [6, 6.07) is 7.72. The van der Waals surface area contributed by atoms with Crippen molar-refractivity contribution in [3.63, 3.8) is 0 Å². The van der Waals surface area contributed by atoms with Crippen LogP contribution in [0.25, 0.3) is 11.3 Å². The van der Waals surface area contributed by atoms with Crippen molar-refractivity contribution < 1.29 is 9.18 Å². The van der Waals surface area contributed by atoms with Crippen molar-refractivity contribution in [2.75, 3.05) is 24.5 Å². The predicted octanol–water partition coefficient (Wildman–Crippen LogP) is 3.32. The second kappa shape index (κ2) is 7.87. The predicted molar refractivity (Wildman–Crippen MR) is 103 cm³/mol. The van der Waals surface area contributed by atoms with Gasteiger partial charge < -0.3 is 10.2 Å². The number of hydrogen-bond acceptors (Lipinski definition) is 5. The third kappa shape index (κ3) is 4.16. The topological polar surface area (TPSA) is 73.9 Å². The van der Waals surface area contributed by atoms with E-state index in [2.05, 4.69) is 25.4 Å². The SMILES string of the molecule is O=C(NC[C@H]1CCCN(c2nccs2)C1)c1cc(-c2ccc(F)cc2)n[nH]1. The van der Waals surface area contributed by atoms with Crippen LogP contribution in [0.4, 0.5) is 9.52 Å². The van der Waals surface area contributed by atoms with Crippen molar-refractivity contribution in [3.8, 4) is 11.3 Å². The Labute approximate surface area is 160 Å². The Hall–Kier alpha value is -2.74. The lowest BCUT2D eigenvalue weighted by atomic mass is 9.98. The van der Waals surface area contributed by atoms with E-state index in [9.17, 15) is 9.18 Å². The minimum Gasteiger partial charge on any atom is -0.350 e. The molecule has 3 heterocycles. The summed E-state index contributed by atoms with van der Waals surface area (Å²) in [6.07, 6.45) is 4.01. The Morgan fingerprint density at radius 3 is 3.00 bits per heavy atom. The summed E-state index contributed by atoms with van der Waals surface area (Å²) >= 11 is 1.64. The van der Waals surface area contributed by atoms with Gasteiger partial charge in [0.1, 0.15) is 11.5 Å². The third-order valence-electron chi connectivity index (χ3n) is 4.72. The lowest BCUT2D eigenvalue weighted by Crippen LogP contribution is -2.41. The van der Waals surface area contributed by atoms with Gasteiger partial charge in [-0.05, 0) is 49.1 Å². The molecule has 1 aliphatic heterocycles. The molecular formula is C19H20FN5OS. The fourth-order valence-corrected chi connectivity index (χ4v) is 4.00. The first-order valence-corrected chi connectivity index (χ1v) is 9.81. The van der Waals surface area contributed by atoms with E-state index in [4.69, 9.17) is 0 Å². The van der Waals surface area contributed by atoms with Gasteiger partial charge in [0, 0.05) is 36.8 Å². The van der Waals surface area contributed by atoms with Crippen LogP contribution < -0.4 is 10.2 Å². The van der Waals surface area contributed by atoms with Gasteiger partial charge >= 0.3 is 0 Å². The summed E-state index contributed by atoms with van der Waals surface area (Å²) < 4.78 is 13.0. The number of piperidine rings is 1. The molecule has 3 aromatic rings. The van der Waals surface area contributed by atoms with Crippen molar-refractivity contribution >= 4 is 22.4 Å². The highest BCUT2D eigenvalue weighted by atomic mass is 32.1. The van der Waals surface area contributed by atoms with Crippen LogP contribution in [0.1, 0.15) is 23.3 Å². The second-order valence-corrected chi connectivity index (χ2v) is 7.53. The van der Waals surface area contributed by atoms with Crippen molar-refractivity contribution in [1.29, 1.82) is 0 Å².